The van der Waals surface area contributed by atoms with Gasteiger partial charge in [0.25, 0.3) is 0 Å². The Hall–Kier alpha value is -1.90. The van der Waals surface area contributed by atoms with Gasteiger partial charge in [0.1, 0.15) is 0 Å². The third kappa shape index (κ3) is 8.12. The molecular formula is C26H36O6Sn. The van der Waals surface area contributed by atoms with Gasteiger partial charge in [0, 0.05) is 0 Å². The maximum atomic E-state index is 13.3. The van der Waals surface area contributed by atoms with Crippen LogP contribution in [0.4, 0.5) is 0 Å². The number of carbonyl (C=O) groups is 2. The van der Waals surface area contributed by atoms with E-state index in [0.29, 0.717) is 20.0 Å². The summed E-state index contributed by atoms with van der Waals surface area (Å²) in [7, 11) is 2.97. The van der Waals surface area contributed by atoms with Gasteiger partial charge >= 0.3 is 203 Å². The van der Waals surface area contributed by atoms with Gasteiger partial charge in [0.2, 0.25) is 0 Å². The number of benzene rings is 2. The molecule has 0 saturated heterocycles. The molecule has 0 aromatic heterocycles. The third-order valence-electron chi connectivity index (χ3n) is 5.50. The molecule has 0 fully saturated rings. The van der Waals surface area contributed by atoms with E-state index in [1.807, 2.05) is 60.7 Å². The fraction of sp³-hybridized carbons (Fsp3) is 0.462. The summed E-state index contributed by atoms with van der Waals surface area (Å²) in [6.45, 7) is 4.15. The number of rotatable bonds is 14. The molecule has 6 nitrogen and oxygen atoms in total. The van der Waals surface area contributed by atoms with Gasteiger partial charge in [-0.25, -0.2) is 0 Å². The summed E-state index contributed by atoms with van der Waals surface area (Å²) in [5.41, 5.74) is 1.42. The van der Waals surface area contributed by atoms with Crippen LogP contribution in [-0.4, -0.2) is 45.4 Å². The van der Waals surface area contributed by atoms with E-state index in [1.54, 1.807) is 0 Å². The fourth-order valence-electron chi connectivity index (χ4n) is 3.71. The first-order valence-corrected chi connectivity index (χ1v) is 18.0. The molecule has 0 spiro atoms. The van der Waals surface area contributed by atoms with Gasteiger partial charge in [-0.2, -0.15) is 0 Å². The van der Waals surface area contributed by atoms with Crippen LogP contribution in [0.5, 0.6) is 0 Å². The van der Waals surface area contributed by atoms with Gasteiger partial charge in [0.15, 0.2) is 0 Å². The zero-order valence-corrected chi connectivity index (χ0v) is 23.0. The molecule has 2 rings (SSSR count). The Bertz CT molecular complexity index is 771. The van der Waals surface area contributed by atoms with Crippen LogP contribution in [0.1, 0.15) is 62.9 Å². The number of hydrogen-bond acceptors (Lipinski definition) is 6. The standard InChI is InChI=1S/2C9H10O3.2C4H9.Sn/c2*1-12-8(9(10)11)7-5-3-2-4-6-7;2*1-3-4-2;/h2*2-6,8H,1H3,(H,10,11);2*1,3-4H2,2H3;/q;;;;+2/p-2/t2*8-;;;/m10.../s1. The van der Waals surface area contributed by atoms with E-state index in [1.165, 1.54) is 14.2 Å². The van der Waals surface area contributed by atoms with Gasteiger partial charge in [0.05, 0.1) is 0 Å². The maximum absolute atomic E-state index is 13.3. The zero-order valence-electron chi connectivity index (χ0n) is 20.1. The molecule has 0 radical (unpaired) electrons. The van der Waals surface area contributed by atoms with Gasteiger partial charge < -0.3 is 0 Å². The van der Waals surface area contributed by atoms with Crippen LogP contribution in [0.25, 0.3) is 0 Å². The number of methoxy groups -OCH3 is 2. The summed E-state index contributed by atoms with van der Waals surface area (Å²) in [5, 5.41) is 0. The van der Waals surface area contributed by atoms with Crippen LogP contribution in [-0.2, 0) is 25.2 Å². The first-order chi connectivity index (χ1) is 16.0. The van der Waals surface area contributed by atoms with Crippen LogP contribution in [0.2, 0.25) is 8.87 Å². The molecule has 180 valence electrons. The van der Waals surface area contributed by atoms with E-state index < -0.39 is 43.4 Å². The Morgan fingerprint density at radius 3 is 1.36 bits per heavy atom. The minimum atomic E-state index is -4.20. The van der Waals surface area contributed by atoms with E-state index in [0.717, 1.165) is 25.7 Å². The van der Waals surface area contributed by atoms with Crippen molar-refractivity contribution in [3.05, 3.63) is 71.8 Å². The molecule has 0 bridgehead atoms. The monoisotopic (exact) mass is 564 g/mol. The molecule has 0 N–H and O–H groups in total. The second kappa shape index (κ2) is 14.4. The van der Waals surface area contributed by atoms with Crippen LogP contribution < -0.4 is 0 Å². The predicted molar refractivity (Wildman–Crippen MR) is 130 cm³/mol. The molecule has 2 aromatic rings. The number of ether oxygens (including phenoxy) is 2. The third-order valence-corrected chi connectivity index (χ3v) is 15.1. The molecule has 0 aliphatic rings. The predicted octanol–water partition coefficient (Wildman–Crippen LogP) is 5.89. The van der Waals surface area contributed by atoms with Crippen LogP contribution in [0.3, 0.4) is 0 Å². The van der Waals surface area contributed by atoms with Crippen LogP contribution in [0, 0.1) is 0 Å². The van der Waals surface area contributed by atoms with Crippen molar-refractivity contribution in [1.29, 1.82) is 0 Å². The molecule has 2 atom stereocenters. The zero-order chi connectivity index (χ0) is 24.1. The molecule has 0 unspecified atom stereocenters. The Balaban J connectivity index is 2.33. The quantitative estimate of drug-likeness (QED) is 0.267. The average molecular weight is 563 g/mol. The summed E-state index contributed by atoms with van der Waals surface area (Å²) in [6.07, 6.45) is 1.75. The van der Waals surface area contributed by atoms with Crippen molar-refractivity contribution in [1.82, 2.24) is 0 Å². The van der Waals surface area contributed by atoms with Crippen LogP contribution >= 0.6 is 0 Å². The van der Waals surface area contributed by atoms with Gasteiger partial charge in [-0.05, 0) is 0 Å². The first kappa shape index (κ1) is 27.3. The Labute approximate surface area is 202 Å². The van der Waals surface area contributed by atoms with Crippen molar-refractivity contribution < 1.29 is 25.2 Å². The van der Waals surface area contributed by atoms with Crippen molar-refractivity contribution in [2.45, 2.75) is 60.6 Å². The molecule has 33 heavy (non-hydrogen) atoms. The minimum absolute atomic E-state index is 0.492. The summed E-state index contributed by atoms with van der Waals surface area (Å²) in [5.74, 6) is -0.985. The van der Waals surface area contributed by atoms with Gasteiger partial charge in [-0.15, -0.1) is 0 Å². The molecule has 0 saturated carbocycles. The van der Waals surface area contributed by atoms with Crippen molar-refractivity contribution in [3.63, 3.8) is 0 Å². The van der Waals surface area contributed by atoms with E-state index in [2.05, 4.69) is 13.8 Å². The molecule has 0 aliphatic heterocycles. The second-order valence-electron chi connectivity index (χ2n) is 8.01. The summed E-state index contributed by atoms with van der Waals surface area (Å²) < 4.78 is 24.6. The van der Waals surface area contributed by atoms with E-state index in [9.17, 15) is 9.59 Å². The number of carbonyl (C=O) groups excluding carboxylic acids is 2. The Morgan fingerprint density at radius 1 is 0.697 bits per heavy atom. The van der Waals surface area contributed by atoms with Crippen molar-refractivity contribution in [3.8, 4) is 0 Å². The Kier molecular flexibility index (Phi) is 11.9. The van der Waals surface area contributed by atoms with Crippen molar-refractivity contribution >= 4 is 31.1 Å². The summed E-state index contributed by atoms with van der Waals surface area (Å²) in [4.78, 5) is 26.6. The SMILES string of the molecule is CCC[CH2][Sn]([CH2]CCC)([O]C(=O)[C@@H](OC)c1ccccc1)[O]C(=O)[C@H](OC)c1ccccc1. The van der Waals surface area contributed by atoms with Crippen LogP contribution in [0.15, 0.2) is 60.7 Å². The summed E-state index contributed by atoms with van der Waals surface area (Å²) in [6, 6.07) is 18.5. The van der Waals surface area contributed by atoms with E-state index in [4.69, 9.17) is 15.6 Å². The van der Waals surface area contributed by atoms with Crippen molar-refractivity contribution in [2.75, 3.05) is 14.2 Å². The molecular weight excluding hydrogens is 527 g/mol. The molecule has 0 heterocycles. The second-order valence-corrected chi connectivity index (χ2v) is 17.2. The van der Waals surface area contributed by atoms with E-state index >= 15 is 0 Å². The van der Waals surface area contributed by atoms with Gasteiger partial charge in [-0.3, -0.25) is 0 Å². The molecule has 0 aliphatic carbocycles. The average Bonchev–Trinajstić information content (AvgIpc) is 2.83. The van der Waals surface area contributed by atoms with E-state index in [-0.39, 0.29) is 0 Å². The first-order valence-electron chi connectivity index (χ1n) is 11.6. The molecule has 2 aromatic carbocycles. The normalized spacial score (nSPS) is 13.2. The number of hydrogen-bond donors (Lipinski definition) is 0. The topological polar surface area (TPSA) is 71.1 Å². The molecule has 7 heteroatoms. The van der Waals surface area contributed by atoms with Crippen molar-refractivity contribution in [2.24, 2.45) is 0 Å². The Morgan fingerprint density at radius 2 is 1.06 bits per heavy atom. The molecule has 0 amide bonds. The summed E-state index contributed by atoms with van der Waals surface area (Å²) >= 11 is -4.20. The fourth-order valence-corrected chi connectivity index (χ4v) is 13.5. The van der Waals surface area contributed by atoms with Gasteiger partial charge in [-0.1, -0.05) is 0 Å². The number of unbranched alkanes of at least 4 members (excludes halogenated alkanes) is 2.